The molecule has 0 saturated carbocycles. The number of aromatic nitrogens is 4. The van der Waals surface area contributed by atoms with Crippen molar-refractivity contribution in [2.75, 3.05) is 0 Å². The third kappa shape index (κ3) is 2.81. The van der Waals surface area contributed by atoms with Gasteiger partial charge in [0.15, 0.2) is 12.4 Å². The standard InChI is InChI=1S/C21H18N4O4S/c1-11-6-14-13(9-28-16(14)7-12(11)2)8-18(26)29-10-17-22-23-21-24(3)20(27)19-15(25(17)21)4-5-30-19/h4-7,9H,8,10H2,1-3H3. The van der Waals surface area contributed by atoms with Crippen molar-refractivity contribution < 1.29 is 13.9 Å². The molecule has 4 heterocycles. The van der Waals surface area contributed by atoms with E-state index in [1.165, 1.54) is 15.9 Å². The number of hydrogen-bond donors (Lipinski definition) is 0. The smallest absolute Gasteiger partial charge is 0.310 e. The van der Waals surface area contributed by atoms with Crippen LogP contribution in [-0.4, -0.2) is 25.1 Å². The minimum Gasteiger partial charge on any atom is -0.464 e. The fraction of sp³-hybridized carbons (Fsp3) is 0.238. The summed E-state index contributed by atoms with van der Waals surface area (Å²) in [6, 6.07) is 5.83. The van der Waals surface area contributed by atoms with Crippen LogP contribution in [0.15, 0.2) is 39.1 Å². The molecule has 0 fully saturated rings. The van der Waals surface area contributed by atoms with Gasteiger partial charge >= 0.3 is 5.97 Å². The SMILES string of the molecule is Cc1cc2occ(CC(=O)OCc3nnc4n(C)c(=O)c5sccc5n34)c2cc1C. The van der Waals surface area contributed by atoms with Crippen LogP contribution >= 0.6 is 11.3 Å². The van der Waals surface area contributed by atoms with Gasteiger partial charge in [0, 0.05) is 18.0 Å². The number of nitrogens with zero attached hydrogens (tertiary/aromatic N) is 4. The molecule has 0 spiro atoms. The lowest BCUT2D eigenvalue weighted by atomic mass is 10.0. The van der Waals surface area contributed by atoms with E-state index in [0.29, 0.717) is 21.8 Å². The van der Waals surface area contributed by atoms with Crippen molar-refractivity contribution >= 4 is 44.3 Å². The van der Waals surface area contributed by atoms with E-state index in [2.05, 4.69) is 10.2 Å². The minimum absolute atomic E-state index is 0.0446. The number of carbonyl (C=O) groups is 1. The molecule has 0 N–H and O–H groups in total. The largest absolute Gasteiger partial charge is 0.464 e. The summed E-state index contributed by atoms with van der Waals surface area (Å²) in [5.74, 6) is 0.476. The predicted octanol–water partition coefficient (Wildman–Crippen LogP) is 3.29. The molecule has 0 aliphatic carbocycles. The van der Waals surface area contributed by atoms with Gasteiger partial charge in [-0.1, -0.05) is 0 Å². The minimum atomic E-state index is -0.390. The number of hydrogen-bond acceptors (Lipinski definition) is 7. The number of ether oxygens (including phenoxy) is 1. The Morgan fingerprint density at radius 3 is 2.87 bits per heavy atom. The highest BCUT2D eigenvalue weighted by atomic mass is 32.1. The lowest BCUT2D eigenvalue weighted by Crippen LogP contribution is -2.19. The van der Waals surface area contributed by atoms with Crippen molar-refractivity contribution in [1.82, 2.24) is 19.2 Å². The molecule has 0 atom stereocenters. The molecule has 152 valence electrons. The average Bonchev–Trinajstić information content (AvgIpc) is 3.44. The van der Waals surface area contributed by atoms with E-state index < -0.39 is 0 Å². The molecule has 4 aromatic heterocycles. The normalized spacial score (nSPS) is 11.7. The number of rotatable bonds is 4. The highest BCUT2D eigenvalue weighted by Crippen LogP contribution is 2.25. The first-order valence-electron chi connectivity index (χ1n) is 9.37. The first-order chi connectivity index (χ1) is 14.4. The van der Waals surface area contributed by atoms with Crippen LogP contribution in [0.3, 0.4) is 0 Å². The van der Waals surface area contributed by atoms with Crippen molar-refractivity contribution in [2.45, 2.75) is 26.9 Å². The van der Waals surface area contributed by atoms with Crippen LogP contribution in [0.1, 0.15) is 22.5 Å². The van der Waals surface area contributed by atoms with Crippen LogP contribution in [0.2, 0.25) is 0 Å². The summed E-state index contributed by atoms with van der Waals surface area (Å²) in [6.07, 6.45) is 1.69. The summed E-state index contributed by atoms with van der Waals surface area (Å²) in [4.78, 5) is 24.9. The first kappa shape index (κ1) is 18.6. The van der Waals surface area contributed by atoms with Crippen LogP contribution in [0.25, 0.3) is 27.0 Å². The number of fused-ring (bicyclic) bond motifs is 4. The molecule has 0 unspecified atom stereocenters. The molecule has 0 saturated heterocycles. The van der Waals surface area contributed by atoms with Crippen molar-refractivity contribution in [3.05, 3.63) is 62.7 Å². The molecule has 0 radical (unpaired) electrons. The molecule has 1 aromatic carbocycles. The summed E-state index contributed by atoms with van der Waals surface area (Å²) >= 11 is 1.36. The lowest BCUT2D eigenvalue weighted by molar-refractivity contribution is -0.144. The Hall–Kier alpha value is -3.46. The quantitative estimate of drug-likeness (QED) is 0.413. The van der Waals surface area contributed by atoms with Gasteiger partial charge in [0.25, 0.3) is 5.56 Å². The van der Waals surface area contributed by atoms with Crippen LogP contribution in [-0.2, 0) is 29.6 Å². The van der Waals surface area contributed by atoms with Gasteiger partial charge in [-0.05, 0) is 48.6 Å². The first-order valence-corrected chi connectivity index (χ1v) is 10.2. The fourth-order valence-electron chi connectivity index (χ4n) is 3.57. The number of thiophene rings is 1. The van der Waals surface area contributed by atoms with E-state index in [0.717, 1.165) is 27.7 Å². The van der Waals surface area contributed by atoms with E-state index >= 15 is 0 Å². The van der Waals surface area contributed by atoms with E-state index in [9.17, 15) is 9.59 Å². The van der Waals surface area contributed by atoms with Gasteiger partial charge in [0.05, 0.1) is 18.2 Å². The maximum Gasteiger partial charge on any atom is 0.310 e. The lowest BCUT2D eigenvalue weighted by Gasteiger charge is -2.06. The fourth-order valence-corrected chi connectivity index (χ4v) is 4.42. The van der Waals surface area contributed by atoms with Gasteiger partial charge < -0.3 is 9.15 Å². The van der Waals surface area contributed by atoms with Crippen molar-refractivity contribution in [3.63, 3.8) is 0 Å². The van der Waals surface area contributed by atoms with Gasteiger partial charge in [-0.15, -0.1) is 21.5 Å². The zero-order chi connectivity index (χ0) is 21.0. The van der Waals surface area contributed by atoms with Crippen molar-refractivity contribution in [3.8, 4) is 0 Å². The van der Waals surface area contributed by atoms with Crippen molar-refractivity contribution in [1.29, 1.82) is 0 Å². The monoisotopic (exact) mass is 422 g/mol. The van der Waals surface area contributed by atoms with Gasteiger partial charge in [0.2, 0.25) is 5.78 Å². The molecule has 0 aliphatic rings. The summed E-state index contributed by atoms with van der Waals surface area (Å²) in [5.41, 5.74) is 4.40. The van der Waals surface area contributed by atoms with E-state index in [1.807, 2.05) is 37.4 Å². The Kier molecular flexibility index (Phi) is 4.21. The molecule has 0 bridgehead atoms. The molecule has 0 aliphatic heterocycles. The Labute approximate surface area is 174 Å². The molecule has 0 amide bonds. The summed E-state index contributed by atoms with van der Waals surface area (Å²) < 4.78 is 14.9. The third-order valence-electron chi connectivity index (χ3n) is 5.36. The second kappa shape index (κ2) is 6.81. The van der Waals surface area contributed by atoms with Gasteiger partial charge in [-0.25, -0.2) is 0 Å². The average molecular weight is 422 g/mol. The molecule has 5 aromatic rings. The van der Waals surface area contributed by atoms with Crippen LogP contribution in [0.4, 0.5) is 0 Å². The van der Waals surface area contributed by atoms with E-state index in [1.54, 1.807) is 17.7 Å². The molecule has 30 heavy (non-hydrogen) atoms. The summed E-state index contributed by atoms with van der Waals surface area (Å²) in [5, 5.41) is 11.0. The van der Waals surface area contributed by atoms with Gasteiger partial charge in [0.1, 0.15) is 10.3 Å². The number of esters is 1. The number of aryl methyl sites for hydroxylation is 3. The zero-order valence-electron chi connectivity index (χ0n) is 16.6. The summed E-state index contributed by atoms with van der Waals surface area (Å²) in [6.45, 7) is 4.00. The predicted molar refractivity (Wildman–Crippen MR) is 113 cm³/mol. The molecule has 5 rings (SSSR count). The topological polar surface area (TPSA) is 91.6 Å². The molecular formula is C21H18N4O4S. The Morgan fingerprint density at radius 2 is 2.03 bits per heavy atom. The number of furan rings is 1. The van der Waals surface area contributed by atoms with Gasteiger partial charge in [-0.2, -0.15) is 0 Å². The maximum absolute atomic E-state index is 12.5. The van der Waals surface area contributed by atoms with Crippen LogP contribution in [0, 0.1) is 13.8 Å². The zero-order valence-corrected chi connectivity index (χ0v) is 17.4. The Balaban J connectivity index is 1.41. The third-order valence-corrected chi connectivity index (χ3v) is 6.26. The van der Waals surface area contributed by atoms with Crippen LogP contribution in [0.5, 0.6) is 0 Å². The van der Waals surface area contributed by atoms with E-state index in [-0.39, 0.29) is 24.6 Å². The second-order valence-electron chi connectivity index (χ2n) is 7.28. The molecular weight excluding hydrogens is 404 g/mol. The Morgan fingerprint density at radius 1 is 1.23 bits per heavy atom. The number of carbonyl (C=O) groups excluding carboxylic acids is 1. The number of benzene rings is 1. The summed E-state index contributed by atoms with van der Waals surface area (Å²) in [7, 11) is 1.65. The van der Waals surface area contributed by atoms with Gasteiger partial charge in [-0.3, -0.25) is 18.6 Å². The highest BCUT2D eigenvalue weighted by Gasteiger charge is 2.18. The second-order valence-corrected chi connectivity index (χ2v) is 8.20. The molecule has 9 heteroatoms. The maximum atomic E-state index is 12.5. The van der Waals surface area contributed by atoms with Crippen molar-refractivity contribution in [2.24, 2.45) is 7.05 Å². The highest BCUT2D eigenvalue weighted by molar-refractivity contribution is 7.17. The Bertz CT molecular complexity index is 1500. The van der Waals surface area contributed by atoms with E-state index in [4.69, 9.17) is 9.15 Å². The van der Waals surface area contributed by atoms with Crippen LogP contribution < -0.4 is 5.56 Å². The molecule has 8 nitrogen and oxygen atoms in total.